The minimum atomic E-state index is 0.130. The van der Waals surface area contributed by atoms with Crippen molar-refractivity contribution in [1.82, 2.24) is 14.4 Å². The van der Waals surface area contributed by atoms with E-state index in [1.54, 1.807) is 0 Å². The number of likely N-dealkylation sites (N-methyl/N-ethyl adjacent to an activating group) is 1. The highest BCUT2D eigenvalue weighted by Crippen LogP contribution is 2.44. The second-order valence-corrected chi connectivity index (χ2v) is 9.61. The second kappa shape index (κ2) is 7.88. The lowest BCUT2D eigenvalue weighted by molar-refractivity contribution is 0.0678. The lowest BCUT2D eigenvalue weighted by Gasteiger charge is -2.39. The second-order valence-electron chi connectivity index (χ2n) is 9.17. The summed E-state index contributed by atoms with van der Waals surface area (Å²) in [5.41, 5.74) is 4.63. The van der Waals surface area contributed by atoms with Crippen LogP contribution in [0.3, 0.4) is 0 Å². The molecule has 0 aliphatic carbocycles. The number of halogens is 1. The van der Waals surface area contributed by atoms with Gasteiger partial charge in [-0.25, -0.2) is 0 Å². The van der Waals surface area contributed by atoms with Crippen molar-refractivity contribution in [3.05, 3.63) is 64.8 Å². The Bertz CT molecular complexity index is 1130. The Morgan fingerprint density at radius 1 is 1.16 bits per heavy atom. The van der Waals surface area contributed by atoms with Crippen molar-refractivity contribution in [2.45, 2.75) is 24.8 Å². The number of amides is 1. The molecule has 1 spiro atoms. The molecule has 31 heavy (non-hydrogen) atoms. The van der Waals surface area contributed by atoms with E-state index in [0.29, 0.717) is 5.02 Å². The summed E-state index contributed by atoms with van der Waals surface area (Å²) in [5.74, 6) is 0.130. The molecule has 1 aromatic heterocycles. The summed E-state index contributed by atoms with van der Waals surface area (Å²) in [6.45, 7) is 4.27. The first-order chi connectivity index (χ1) is 15.0. The largest absolute Gasteiger partial charge is 0.384 e. The molecule has 2 aliphatic heterocycles. The molecule has 2 aliphatic rings. The lowest BCUT2D eigenvalue weighted by atomic mass is 9.74. The molecule has 6 heteroatoms. The molecular weight excluding hydrogens is 408 g/mol. The number of likely N-dealkylation sites (tertiary alicyclic amines) is 1. The van der Waals surface area contributed by atoms with Gasteiger partial charge in [-0.1, -0.05) is 35.9 Å². The van der Waals surface area contributed by atoms with Gasteiger partial charge >= 0.3 is 0 Å². The minimum absolute atomic E-state index is 0.130. The van der Waals surface area contributed by atoms with Gasteiger partial charge in [-0.05, 0) is 50.7 Å². The molecule has 0 atom stereocenters. The number of nitrogens with one attached hydrogen (secondary N) is 1. The van der Waals surface area contributed by atoms with Gasteiger partial charge in [0.1, 0.15) is 0 Å². The Balaban J connectivity index is 1.39. The van der Waals surface area contributed by atoms with E-state index in [-0.39, 0.29) is 11.3 Å². The molecule has 3 heterocycles. The van der Waals surface area contributed by atoms with Gasteiger partial charge in [0.25, 0.3) is 5.91 Å². The molecule has 162 valence electrons. The number of hydrogen-bond acceptors (Lipinski definition) is 3. The molecule has 1 N–H and O–H groups in total. The van der Waals surface area contributed by atoms with Gasteiger partial charge in [-0.15, -0.1) is 0 Å². The molecule has 1 saturated heterocycles. The van der Waals surface area contributed by atoms with Crippen LogP contribution < -0.4 is 5.32 Å². The Morgan fingerprint density at radius 2 is 1.94 bits per heavy atom. The fourth-order valence-electron chi connectivity index (χ4n) is 5.14. The van der Waals surface area contributed by atoms with Gasteiger partial charge in [-0.2, -0.15) is 0 Å². The van der Waals surface area contributed by atoms with Crippen molar-refractivity contribution in [2.24, 2.45) is 0 Å². The highest BCUT2D eigenvalue weighted by Gasteiger charge is 2.42. The van der Waals surface area contributed by atoms with Crippen LogP contribution in [0, 0.1) is 0 Å². The van der Waals surface area contributed by atoms with Gasteiger partial charge in [0, 0.05) is 60.4 Å². The highest BCUT2D eigenvalue weighted by atomic mass is 35.5. The third-order valence-corrected chi connectivity index (χ3v) is 7.22. The number of fused-ring (bicyclic) bond motifs is 3. The van der Waals surface area contributed by atoms with Crippen molar-refractivity contribution < 1.29 is 4.79 Å². The van der Waals surface area contributed by atoms with E-state index in [4.69, 9.17) is 11.6 Å². The van der Waals surface area contributed by atoms with Gasteiger partial charge < -0.3 is 19.7 Å². The van der Waals surface area contributed by atoms with Crippen molar-refractivity contribution in [3.63, 3.8) is 0 Å². The molecule has 2 aromatic carbocycles. The fourth-order valence-corrected chi connectivity index (χ4v) is 5.31. The summed E-state index contributed by atoms with van der Waals surface area (Å²) < 4.78 is 2.16. The number of benzene rings is 2. The minimum Gasteiger partial charge on any atom is -0.384 e. The first kappa shape index (κ1) is 20.4. The maximum absolute atomic E-state index is 13.6. The van der Waals surface area contributed by atoms with E-state index < -0.39 is 0 Å². The lowest BCUT2D eigenvalue weighted by Crippen LogP contribution is -2.46. The molecule has 0 radical (unpaired) electrons. The number of piperidine rings is 1. The normalized spacial score (nSPS) is 17.4. The SMILES string of the molecule is CN(C)CCn1cc(C(=O)N2CCC3(CC2)CNc2ccccc23)c2ccc(Cl)cc21. The van der Waals surface area contributed by atoms with E-state index in [9.17, 15) is 4.79 Å². The summed E-state index contributed by atoms with van der Waals surface area (Å²) in [5, 5.41) is 5.25. The topological polar surface area (TPSA) is 40.5 Å². The van der Waals surface area contributed by atoms with E-state index in [2.05, 4.69) is 53.1 Å². The van der Waals surface area contributed by atoms with E-state index in [0.717, 1.165) is 62.0 Å². The highest BCUT2D eigenvalue weighted by molar-refractivity contribution is 6.31. The van der Waals surface area contributed by atoms with Crippen LogP contribution in [-0.4, -0.2) is 60.5 Å². The summed E-state index contributed by atoms with van der Waals surface area (Å²) in [4.78, 5) is 17.7. The van der Waals surface area contributed by atoms with Crippen LogP contribution in [0.2, 0.25) is 5.02 Å². The standard InChI is InChI=1S/C25H29ClN4O/c1-28(2)13-14-30-16-20(19-8-7-18(26)15-23(19)30)24(31)29-11-9-25(10-12-29)17-27-22-6-4-3-5-21(22)25/h3-8,15-16,27H,9-14,17H2,1-2H3. The zero-order valence-corrected chi connectivity index (χ0v) is 19.0. The molecule has 0 unspecified atom stereocenters. The van der Waals surface area contributed by atoms with Crippen LogP contribution in [0.1, 0.15) is 28.8 Å². The van der Waals surface area contributed by atoms with Crippen LogP contribution in [0.5, 0.6) is 0 Å². The molecule has 0 saturated carbocycles. The molecule has 0 bridgehead atoms. The Hall–Kier alpha value is -2.50. The molecule has 1 amide bonds. The quantitative estimate of drug-likeness (QED) is 0.656. The van der Waals surface area contributed by atoms with Crippen LogP contribution in [0.25, 0.3) is 10.9 Å². The number of para-hydroxylation sites is 1. The molecule has 1 fully saturated rings. The van der Waals surface area contributed by atoms with Crippen molar-refractivity contribution in [2.75, 3.05) is 45.6 Å². The number of hydrogen-bond donors (Lipinski definition) is 1. The van der Waals surface area contributed by atoms with Crippen LogP contribution >= 0.6 is 11.6 Å². The maximum atomic E-state index is 13.6. The number of carbonyl (C=O) groups excluding carboxylic acids is 1. The van der Waals surface area contributed by atoms with Gasteiger partial charge in [0.2, 0.25) is 0 Å². The van der Waals surface area contributed by atoms with Crippen molar-refractivity contribution in [3.8, 4) is 0 Å². The van der Waals surface area contributed by atoms with Gasteiger partial charge in [0.15, 0.2) is 0 Å². The third kappa shape index (κ3) is 3.60. The number of anilines is 1. The first-order valence-corrected chi connectivity index (χ1v) is 11.4. The van der Waals surface area contributed by atoms with Crippen LogP contribution in [-0.2, 0) is 12.0 Å². The zero-order chi connectivity index (χ0) is 21.6. The predicted octanol–water partition coefficient (Wildman–Crippen LogP) is 4.46. The Kier molecular flexibility index (Phi) is 5.19. The first-order valence-electron chi connectivity index (χ1n) is 11.0. The fraction of sp³-hybridized carbons (Fsp3) is 0.400. The molecule has 5 rings (SSSR count). The smallest absolute Gasteiger partial charge is 0.256 e. The summed E-state index contributed by atoms with van der Waals surface area (Å²) >= 11 is 6.28. The van der Waals surface area contributed by atoms with Gasteiger partial charge in [0.05, 0.1) is 11.1 Å². The Labute approximate surface area is 188 Å². The van der Waals surface area contributed by atoms with Crippen molar-refractivity contribution >= 4 is 34.1 Å². The summed E-state index contributed by atoms with van der Waals surface area (Å²) in [6, 6.07) is 14.4. The van der Waals surface area contributed by atoms with E-state index >= 15 is 0 Å². The molecular formula is C25H29ClN4O. The van der Waals surface area contributed by atoms with Crippen molar-refractivity contribution in [1.29, 1.82) is 0 Å². The summed E-state index contributed by atoms with van der Waals surface area (Å²) in [7, 11) is 4.12. The number of nitrogens with zero attached hydrogens (tertiary/aromatic N) is 3. The Morgan fingerprint density at radius 3 is 2.71 bits per heavy atom. The van der Waals surface area contributed by atoms with Crippen LogP contribution in [0.4, 0.5) is 5.69 Å². The van der Waals surface area contributed by atoms with Crippen LogP contribution in [0.15, 0.2) is 48.7 Å². The molecule has 3 aromatic rings. The zero-order valence-electron chi connectivity index (χ0n) is 18.2. The number of carbonyl (C=O) groups is 1. The average molecular weight is 437 g/mol. The van der Waals surface area contributed by atoms with Gasteiger partial charge in [-0.3, -0.25) is 4.79 Å². The number of aromatic nitrogens is 1. The third-order valence-electron chi connectivity index (χ3n) is 6.99. The predicted molar refractivity (Wildman–Crippen MR) is 127 cm³/mol. The molecule has 5 nitrogen and oxygen atoms in total. The monoisotopic (exact) mass is 436 g/mol. The number of rotatable bonds is 4. The average Bonchev–Trinajstić information content (AvgIpc) is 3.31. The van der Waals surface area contributed by atoms with E-state index in [1.807, 2.05) is 29.3 Å². The maximum Gasteiger partial charge on any atom is 0.256 e. The van der Waals surface area contributed by atoms with E-state index in [1.165, 1.54) is 11.3 Å². The summed E-state index contributed by atoms with van der Waals surface area (Å²) in [6.07, 6.45) is 4.01.